The summed E-state index contributed by atoms with van der Waals surface area (Å²) in [5.41, 5.74) is 2.24. The van der Waals surface area contributed by atoms with Gasteiger partial charge in [-0.15, -0.1) is 0 Å². The summed E-state index contributed by atoms with van der Waals surface area (Å²) >= 11 is 0. The third kappa shape index (κ3) is 8.81. The number of unbranched alkanes of at least 4 members (excludes halogenated alkanes) is 1. The molecule has 4 nitrogen and oxygen atoms in total. The molecule has 0 aromatic carbocycles. The van der Waals surface area contributed by atoms with E-state index < -0.39 is 0 Å². The zero-order valence-corrected chi connectivity index (χ0v) is 13.9. The van der Waals surface area contributed by atoms with Crippen LogP contribution in [0, 0.1) is 6.92 Å². The summed E-state index contributed by atoms with van der Waals surface area (Å²) in [7, 11) is 0. The van der Waals surface area contributed by atoms with E-state index in [0.29, 0.717) is 0 Å². The SMILES string of the molecule is CCCCOCCNCCN(CC)Cc1cccc(C)n1. The molecule has 0 aliphatic heterocycles. The Morgan fingerprint density at radius 2 is 2.05 bits per heavy atom. The molecule has 0 saturated carbocycles. The highest BCUT2D eigenvalue weighted by atomic mass is 16.5. The van der Waals surface area contributed by atoms with Gasteiger partial charge < -0.3 is 10.1 Å². The second-order valence-corrected chi connectivity index (χ2v) is 5.36. The third-order valence-corrected chi connectivity index (χ3v) is 3.45. The van der Waals surface area contributed by atoms with E-state index in [0.717, 1.165) is 63.7 Å². The standard InChI is InChI=1S/C17H31N3O/c1-4-6-13-21-14-11-18-10-12-20(5-2)15-17-9-7-8-16(3)19-17/h7-9,18H,4-6,10-15H2,1-3H3. The predicted molar refractivity (Wildman–Crippen MR) is 88.5 cm³/mol. The van der Waals surface area contributed by atoms with E-state index in [9.17, 15) is 0 Å². The highest BCUT2D eigenvalue weighted by Crippen LogP contribution is 2.02. The number of pyridine rings is 1. The monoisotopic (exact) mass is 293 g/mol. The van der Waals surface area contributed by atoms with Crippen LogP contribution in [-0.2, 0) is 11.3 Å². The molecule has 0 fully saturated rings. The maximum Gasteiger partial charge on any atom is 0.0590 e. The van der Waals surface area contributed by atoms with Gasteiger partial charge in [0.25, 0.3) is 0 Å². The summed E-state index contributed by atoms with van der Waals surface area (Å²) < 4.78 is 5.53. The Morgan fingerprint density at radius 3 is 2.76 bits per heavy atom. The lowest BCUT2D eigenvalue weighted by atomic mass is 10.3. The van der Waals surface area contributed by atoms with Gasteiger partial charge in [-0.05, 0) is 32.0 Å². The highest BCUT2D eigenvalue weighted by molar-refractivity contribution is 5.09. The van der Waals surface area contributed by atoms with Crippen molar-refractivity contribution in [3.63, 3.8) is 0 Å². The zero-order valence-electron chi connectivity index (χ0n) is 13.9. The van der Waals surface area contributed by atoms with Gasteiger partial charge in [0.2, 0.25) is 0 Å². The van der Waals surface area contributed by atoms with Crippen LogP contribution in [0.3, 0.4) is 0 Å². The van der Waals surface area contributed by atoms with Crippen LogP contribution >= 0.6 is 0 Å². The molecule has 0 spiro atoms. The molecule has 1 N–H and O–H groups in total. The minimum atomic E-state index is 0.811. The Hall–Kier alpha value is -0.970. The first-order valence-corrected chi connectivity index (χ1v) is 8.19. The van der Waals surface area contributed by atoms with E-state index in [1.807, 2.05) is 13.0 Å². The van der Waals surface area contributed by atoms with Crippen LogP contribution in [0.2, 0.25) is 0 Å². The molecule has 0 amide bonds. The van der Waals surface area contributed by atoms with Crippen molar-refractivity contribution in [3.8, 4) is 0 Å². The summed E-state index contributed by atoms with van der Waals surface area (Å²) in [6, 6.07) is 6.22. The summed E-state index contributed by atoms with van der Waals surface area (Å²) in [4.78, 5) is 6.97. The highest BCUT2D eigenvalue weighted by Gasteiger charge is 2.04. The Balaban J connectivity index is 2.11. The number of ether oxygens (including phenoxy) is 1. The second kappa shape index (κ2) is 11.7. The lowest BCUT2D eigenvalue weighted by Crippen LogP contribution is -2.33. The molecule has 1 aromatic heterocycles. The summed E-state index contributed by atoms with van der Waals surface area (Å²) in [6.45, 7) is 13.1. The first-order chi connectivity index (χ1) is 10.3. The predicted octanol–water partition coefficient (Wildman–Crippen LogP) is 2.62. The van der Waals surface area contributed by atoms with Gasteiger partial charge >= 0.3 is 0 Å². The minimum Gasteiger partial charge on any atom is -0.380 e. The number of hydrogen-bond acceptors (Lipinski definition) is 4. The van der Waals surface area contributed by atoms with Gasteiger partial charge in [0.05, 0.1) is 12.3 Å². The number of aryl methyl sites for hydroxylation is 1. The average molecular weight is 293 g/mol. The molecule has 1 aromatic rings. The van der Waals surface area contributed by atoms with Crippen molar-refractivity contribution in [2.75, 3.05) is 39.4 Å². The van der Waals surface area contributed by atoms with Crippen molar-refractivity contribution in [3.05, 3.63) is 29.6 Å². The zero-order chi connectivity index (χ0) is 15.3. The Bertz CT molecular complexity index is 371. The molecular formula is C17H31N3O. The quantitative estimate of drug-likeness (QED) is 0.601. The number of hydrogen-bond donors (Lipinski definition) is 1. The van der Waals surface area contributed by atoms with Gasteiger partial charge in [0.15, 0.2) is 0 Å². The smallest absolute Gasteiger partial charge is 0.0590 e. The van der Waals surface area contributed by atoms with E-state index in [1.54, 1.807) is 0 Å². The fourth-order valence-corrected chi connectivity index (χ4v) is 2.12. The summed E-state index contributed by atoms with van der Waals surface area (Å²) in [5, 5.41) is 3.44. The van der Waals surface area contributed by atoms with Crippen LogP contribution in [0.1, 0.15) is 38.1 Å². The van der Waals surface area contributed by atoms with Crippen molar-refractivity contribution in [1.82, 2.24) is 15.2 Å². The van der Waals surface area contributed by atoms with Gasteiger partial charge in [0.1, 0.15) is 0 Å². The first kappa shape index (κ1) is 18.1. The third-order valence-electron chi connectivity index (χ3n) is 3.45. The van der Waals surface area contributed by atoms with Gasteiger partial charge in [0, 0.05) is 38.5 Å². The minimum absolute atomic E-state index is 0.811. The molecule has 0 saturated heterocycles. The molecule has 4 heteroatoms. The van der Waals surface area contributed by atoms with Gasteiger partial charge in [-0.3, -0.25) is 9.88 Å². The molecule has 0 unspecified atom stereocenters. The maximum absolute atomic E-state index is 5.53. The first-order valence-electron chi connectivity index (χ1n) is 8.19. The van der Waals surface area contributed by atoms with Crippen LogP contribution in [0.5, 0.6) is 0 Å². The molecule has 0 radical (unpaired) electrons. The van der Waals surface area contributed by atoms with Crippen LogP contribution in [0.4, 0.5) is 0 Å². The van der Waals surface area contributed by atoms with Crippen molar-refractivity contribution in [1.29, 1.82) is 0 Å². The molecule has 0 aliphatic rings. The van der Waals surface area contributed by atoms with E-state index >= 15 is 0 Å². The number of rotatable bonds is 12. The fourth-order valence-electron chi connectivity index (χ4n) is 2.12. The van der Waals surface area contributed by atoms with Crippen LogP contribution in [0.25, 0.3) is 0 Å². The van der Waals surface area contributed by atoms with Crippen molar-refractivity contribution >= 4 is 0 Å². The normalized spacial score (nSPS) is 11.2. The number of aromatic nitrogens is 1. The van der Waals surface area contributed by atoms with Gasteiger partial charge in [-0.2, -0.15) is 0 Å². The molecular weight excluding hydrogens is 262 g/mol. The van der Waals surface area contributed by atoms with Crippen LogP contribution in [0.15, 0.2) is 18.2 Å². The molecule has 0 bridgehead atoms. The topological polar surface area (TPSA) is 37.4 Å². The van der Waals surface area contributed by atoms with E-state index in [4.69, 9.17) is 4.74 Å². The van der Waals surface area contributed by atoms with E-state index in [-0.39, 0.29) is 0 Å². The largest absolute Gasteiger partial charge is 0.380 e. The van der Waals surface area contributed by atoms with Crippen LogP contribution in [-0.4, -0.2) is 49.3 Å². The summed E-state index contributed by atoms with van der Waals surface area (Å²) in [5.74, 6) is 0. The molecule has 1 rings (SSSR count). The Kier molecular flexibility index (Phi) is 10.0. The lowest BCUT2D eigenvalue weighted by molar-refractivity contribution is 0.132. The number of likely N-dealkylation sites (N-methyl/N-ethyl adjacent to an activating group) is 1. The van der Waals surface area contributed by atoms with Crippen molar-refractivity contribution < 1.29 is 4.74 Å². The van der Waals surface area contributed by atoms with Crippen molar-refractivity contribution in [2.45, 2.75) is 40.2 Å². The molecule has 0 aliphatic carbocycles. The average Bonchev–Trinajstić information content (AvgIpc) is 2.48. The number of nitrogens with zero attached hydrogens (tertiary/aromatic N) is 2. The second-order valence-electron chi connectivity index (χ2n) is 5.36. The molecule has 1 heterocycles. The van der Waals surface area contributed by atoms with Gasteiger partial charge in [-0.25, -0.2) is 0 Å². The lowest BCUT2D eigenvalue weighted by Gasteiger charge is -2.20. The number of nitrogens with one attached hydrogen (secondary N) is 1. The maximum atomic E-state index is 5.53. The Morgan fingerprint density at radius 1 is 1.19 bits per heavy atom. The summed E-state index contributed by atoms with van der Waals surface area (Å²) in [6.07, 6.45) is 2.36. The van der Waals surface area contributed by atoms with Crippen LogP contribution < -0.4 is 5.32 Å². The fraction of sp³-hybridized carbons (Fsp3) is 0.706. The molecule has 21 heavy (non-hydrogen) atoms. The Labute approximate surface area is 129 Å². The van der Waals surface area contributed by atoms with E-state index in [1.165, 1.54) is 6.42 Å². The van der Waals surface area contributed by atoms with Crippen molar-refractivity contribution in [2.24, 2.45) is 0 Å². The molecule has 120 valence electrons. The van der Waals surface area contributed by atoms with E-state index in [2.05, 4.69) is 41.2 Å². The van der Waals surface area contributed by atoms with Gasteiger partial charge in [-0.1, -0.05) is 26.3 Å². The molecule has 0 atom stereocenters.